The van der Waals surface area contributed by atoms with Gasteiger partial charge in [-0.05, 0) is 29.8 Å². The molecular weight excluding hydrogens is 371 g/mol. The predicted octanol–water partition coefficient (Wildman–Crippen LogP) is 4.90. The van der Waals surface area contributed by atoms with Gasteiger partial charge in [0.05, 0.1) is 5.56 Å². The molecule has 3 aromatic rings. The minimum Gasteiger partial charge on any atom is -0.488 e. The quantitative estimate of drug-likeness (QED) is 0.613. The number of benzene rings is 2. The van der Waals surface area contributed by atoms with E-state index in [1.807, 2.05) is 30.3 Å². The van der Waals surface area contributed by atoms with Crippen LogP contribution in [0.5, 0.6) is 5.75 Å². The third-order valence-corrected chi connectivity index (χ3v) is 4.31. The van der Waals surface area contributed by atoms with E-state index in [1.54, 1.807) is 36.5 Å². The molecule has 2 aromatic carbocycles. The Morgan fingerprint density at radius 2 is 1.77 bits per heavy atom. The van der Waals surface area contributed by atoms with Crippen molar-refractivity contribution in [1.82, 2.24) is 10.3 Å². The second-order valence-corrected chi connectivity index (χ2v) is 6.34. The summed E-state index contributed by atoms with van der Waals surface area (Å²) < 4.78 is 5.82. The maximum atomic E-state index is 12.5. The second-order valence-electron chi connectivity index (χ2n) is 5.55. The van der Waals surface area contributed by atoms with Gasteiger partial charge in [0.1, 0.15) is 17.5 Å². The number of para-hydroxylation sites is 1. The van der Waals surface area contributed by atoms with Crippen LogP contribution in [0.1, 0.15) is 21.5 Å². The molecule has 0 unspecified atom stereocenters. The van der Waals surface area contributed by atoms with E-state index in [0.29, 0.717) is 28.0 Å². The Labute approximate surface area is 161 Å². The van der Waals surface area contributed by atoms with E-state index in [0.717, 1.165) is 11.1 Å². The summed E-state index contributed by atoms with van der Waals surface area (Å²) in [5.74, 6) is 0.272. The molecular formula is C20H16Cl2N2O2. The number of carbonyl (C=O) groups excluding carboxylic acids is 1. The average Bonchev–Trinajstić information content (AvgIpc) is 2.67. The highest BCUT2D eigenvalue weighted by atomic mass is 35.5. The van der Waals surface area contributed by atoms with Gasteiger partial charge in [0, 0.05) is 23.3 Å². The van der Waals surface area contributed by atoms with Crippen LogP contribution in [0.4, 0.5) is 0 Å². The Balaban J connectivity index is 1.67. The van der Waals surface area contributed by atoms with E-state index in [-0.39, 0.29) is 12.5 Å². The van der Waals surface area contributed by atoms with Crippen molar-refractivity contribution in [2.45, 2.75) is 13.2 Å². The topological polar surface area (TPSA) is 51.2 Å². The Kier molecular flexibility index (Phi) is 6.10. The minimum atomic E-state index is -0.227. The normalized spacial score (nSPS) is 10.4. The van der Waals surface area contributed by atoms with Crippen LogP contribution in [0.25, 0.3) is 0 Å². The molecule has 1 N–H and O–H groups in total. The number of ether oxygens (including phenoxy) is 1. The summed E-state index contributed by atoms with van der Waals surface area (Å²) in [6.45, 7) is 0.632. The highest BCUT2D eigenvalue weighted by molar-refractivity contribution is 6.31. The molecule has 4 nitrogen and oxygen atoms in total. The lowest BCUT2D eigenvalue weighted by molar-refractivity contribution is 0.0946. The zero-order valence-corrected chi connectivity index (χ0v) is 15.3. The van der Waals surface area contributed by atoms with Crippen LogP contribution in [-0.4, -0.2) is 10.9 Å². The molecule has 3 rings (SSSR count). The fourth-order valence-corrected chi connectivity index (χ4v) is 2.64. The van der Waals surface area contributed by atoms with Gasteiger partial charge < -0.3 is 10.1 Å². The molecule has 0 aliphatic rings. The van der Waals surface area contributed by atoms with Crippen molar-refractivity contribution in [3.63, 3.8) is 0 Å². The van der Waals surface area contributed by atoms with Crippen LogP contribution in [0, 0.1) is 0 Å². The zero-order chi connectivity index (χ0) is 18.4. The minimum absolute atomic E-state index is 0.227. The number of pyridine rings is 1. The average molecular weight is 387 g/mol. The molecule has 0 radical (unpaired) electrons. The summed E-state index contributed by atoms with van der Waals surface area (Å²) in [4.78, 5) is 16.5. The van der Waals surface area contributed by atoms with Gasteiger partial charge in [0.2, 0.25) is 0 Å². The van der Waals surface area contributed by atoms with E-state index >= 15 is 0 Å². The summed E-state index contributed by atoms with van der Waals surface area (Å²) in [7, 11) is 0. The number of hydrogen-bond donors (Lipinski definition) is 1. The molecule has 0 atom stereocenters. The van der Waals surface area contributed by atoms with Crippen LogP contribution in [0.3, 0.4) is 0 Å². The van der Waals surface area contributed by atoms with E-state index < -0.39 is 0 Å². The molecule has 0 bridgehead atoms. The third kappa shape index (κ3) is 4.75. The van der Waals surface area contributed by atoms with Gasteiger partial charge in [-0.2, -0.15) is 0 Å². The molecule has 1 heterocycles. The lowest BCUT2D eigenvalue weighted by Crippen LogP contribution is -2.23. The zero-order valence-electron chi connectivity index (χ0n) is 13.8. The van der Waals surface area contributed by atoms with Crippen LogP contribution in [0.15, 0.2) is 66.9 Å². The van der Waals surface area contributed by atoms with Crippen molar-refractivity contribution in [2.75, 3.05) is 0 Å². The first-order valence-corrected chi connectivity index (χ1v) is 8.73. The maximum absolute atomic E-state index is 12.5. The van der Waals surface area contributed by atoms with E-state index in [1.165, 1.54) is 0 Å². The lowest BCUT2D eigenvalue weighted by atomic mass is 10.1. The number of rotatable bonds is 6. The first-order chi connectivity index (χ1) is 12.6. The standard InChI is InChI=1S/C20H16Cl2N2O2/c21-17-7-3-1-5-15(17)13-26-18-8-4-2-6-16(18)20(25)24-12-14-9-10-19(22)23-11-14/h1-11H,12-13H2,(H,24,25). The fourth-order valence-electron chi connectivity index (χ4n) is 2.34. The van der Waals surface area contributed by atoms with Gasteiger partial charge in [-0.1, -0.05) is 59.6 Å². The first-order valence-electron chi connectivity index (χ1n) is 7.97. The number of nitrogens with one attached hydrogen (secondary N) is 1. The monoisotopic (exact) mass is 386 g/mol. The van der Waals surface area contributed by atoms with Gasteiger partial charge >= 0.3 is 0 Å². The number of aromatic nitrogens is 1. The second kappa shape index (κ2) is 8.70. The van der Waals surface area contributed by atoms with Crippen molar-refractivity contribution in [1.29, 1.82) is 0 Å². The molecule has 0 saturated carbocycles. The summed E-state index contributed by atoms with van der Waals surface area (Å²) in [6, 6.07) is 18.0. The Bertz CT molecular complexity index is 898. The molecule has 0 saturated heterocycles. The van der Waals surface area contributed by atoms with Gasteiger partial charge in [-0.15, -0.1) is 0 Å². The summed E-state index contributed by atoms with van der Waals surface area (Å²) >= 11 is 11.9. The highest BCUT2D eigenvalue weighted by Crippen LogP contribution is 2.22. The SMILES string of the molecule is O=C(NCc1ccc(Cl)nc1)c1ccccc1OCc1ccccc1Cl. The van der Waals surface area contributed by atoms with Crippen molar-refractivity contribution < 1.29 is 9.53 Å². The first kappa shape index (κ1) is 18.2. The number of nitrogens with zero attached hydrogens (tertiary/aromatic N) is 1. The molecule has 1 aromatic heterocycles. The van der Waals surface area contributed by atoms with Crippen LogP contribution in [0.2, 0.25) is 10.2 Å². The highest BCUT2D eigenvalue weighted by Gasteiger charge is 2.12. The number of carbonyl (C=O) groups is 1. The largest absolute Gasteiger partial charge is 0.488 e. The number of hydrogen-bond acceptors (Lipinski definition) is 3. The molecule has 0 aliphatic carbocycles. The summed E-state index contributed by atoms with van der Waals surface area (Å²) in [6.07, 6.45) is 1.63. The number of amides is 1. The van der Waals surface area contributed by atoms with Crippen LogP contribution >= 0.6 is 23.2 Å². The summed E-state index contributed by atoms with van der Waals surface area (Å²) in [5, 5.41) is 3.90. The molecule has 1 amide bonds. The van der Waals surface area contributed by atoms with Crippen molar-refractivity contribution in [3.05, 3.63) is 93.7 Å². The van der Waals surface area contributed by atoms with Gasteiger partial charge in [-0.3, -0.25) is 4.79 Å². The van der Waals surface area contributed by atoms with Gasteiger partial charge in [0.15, 0.2) is 0 Å². The molecule has 0 spiro atoms. The summed E-state index contributed by atoms with van der Waals surface area (Å²) in [5.41, 5.74) is 2.18. The Morgan fingerprint density at radius 1 is 1.00 bits per heavy atom. The fraction of sp³-hybridized carbons (Fsp3) is 0.100. The predicted molar refractivity (Wildman–Crippen MR) is 103 cm³/mol. The van der Waals surface area contributed by atoms with Crippen molar-refractivity contribution >= 4 is 29.1 Å². The lowest BCUT2D eigenvalue weighted by Gasteiger charge is -2.12. The van der Waals surface area contributed by atoms with Crippen LogP contribution < -0.4 is 10.1 Å². The Hall–Kier alpha value is -2.56. The number of halogens is 2. The smallest absolute Gasteiger partial charge is 0.255 e. The molecule has 132 valence electrons. The van der Waals surface area contributed by atoms with E-state index in [4.69, 9.17) is 27.9 Å². The molecule has 0 aliphatic heterocycles. The Morgan fingerprint density at radius 3 is 2.54 bits per heavy atom. The van der Waals surface area contributed by atoms with Gasteiger partial charge in [-0.25, -0.2) is 4.98 Å². The van der Waals surface area contributed by atoms with E-state index in [9.17, 15) is 4.79 Å². The molecule has 0 fully saturated rings. The molecule has 26 heavy (non-hydrogen) atoms. The van der Waals surface area contributed by atoms with E-state index in [2.05, 4.69) is 10.3 Å². The van der Waals surface area contributed by atoms with Gasteiger partial charge in [0.25, 0.3) is 5.91 Å². The van der Waals surface area contributed by atoms with Crippen molar-refractivity contribution in [3.8, 4) is 5.75 Å². The maximum Gasteiger partial charge on any atom is 0.255 e. The third-order valence-electron chi connectivity index (χ3n) is 3.71. The van der Waals surface area contributed by atoms with Crippen molar-refractivity contribution in [2.24, 2.45) is 0 Å². The van der Waals surface area contributed by atoms with Crippen LogP contribution in [-0.2, 0) is 13.2 Å². The molecule has 6 heteroatoms.